The van der Waals surface area contributed by atoms with Crippen LogP contribution in [0.5, 0.6) is 5.75 Å². The molecule has 1 aromatic heterocycles. The number of phenols is 1. The molecule has 8 nitrogen and oxygen atoms in total. The smallest absolute Gasteiger partial charge is 0.258 e. The number of hydrogen-bond donors (Lipinski definition) is 2. The lowest BCUT2D eigenvalue weighted by Crippen LogP contribution is -2.36. The minimum atomic E-state index is -0.262. The average molecular weight is 449 g/mol. The van der Waals surface area contributed by atoms with Crippen LogP contribution in [0.25, 0.3) is 10.9 Å². The van der Waals surface area contributed by atoms with Crippen LogP contribution in [0.15, 0.2) is 30.3 Å². The molecule has 0 radical (unpaired) electrons. The summed E-state index contributed by atoms with van der Waals surface area (Å²) in [6, 6.07) is 9.39. The van der Waals surface area contributed by atoms with Gasteiger partial charge in [-0.15, -0.1) is 0 Å². The lowest BCUT2D eigenvalue weighted by atomic mass is 10.0. The maximum Gasteiger partial charge on any atom is 0.258 e. The molecule has 0 atom stereocenters. The molecule has 2 aliphatic rings. The highest BCUT2D eigenvalue weighted by atomic mass is 16.5. The Morgan fingerprint density at radius 3 is 2.64 bits per heavy atom. The van der Waals surface area contributed by atoms with Crippen LogP contribution in [0.1, 0.15) is 52.2 Å². The van der Waals surface area contributed by atoms with Crippen molar-refractivity contribution in [2.75, 3.05) is 31.2 Å². The number of morpholine rings is 1. The largest absolute Gasteiger partial charge is 0.507 e. The van der Waals surface area contributed by atoms with E-state index in [9.17, 15) is 14.7 Å². The minimum Gasteiger partial charge on any atom is -0.507 e. The molecule has 2 aliphatic heterocycles. The van der Waals surface area contributed by atoms with Gasteiger partial charge in [-0.1, -0.05) is 19.9 Å². The molecule has 2 aromatic carbocycles. The molecule has 2 N–H and O–H groups in total. The van der Waals surface area contributed by atoms with Gasteiger partial charge in [0.15, 0.2) is 5.78 Å². The van der Waals surface area contributed by atoms with Crippen molar-refractivity contribution >= 4 is 28.3 Å². The Morgan fingerprint density at radius 2 is 1.88 bits per heavy atom. The number of anilines is 1. The summed E-state index contributed by atoms with van der Waals surface area (Å²) in [7, 11) is 0. The van der Waals surface area contributed by atoms with E-state index in [4.69, 9.17) is 4.74 Å². The van der Waals surface area contributed by atoms with Gasteiger partial charge in [0, 0.05) is 49.7 Å². The van der Waals surface area contributed by atoms with Gasteiger partial charge in [-0.05, 0) is 35.2 Å². The number of amides is 1. The molecule has 0 spiro atoms. The van der Waals surface area contributed by atoms with Crippen LogP contribution >= 0.6 is 0 Å². The van der Waals surface area contributed by atoms with Crippen LogP contribution in [-0.4, -0.2) is 58.2 Å². The Hall–Kier alpha value is -3.39. The number of aromatic amines is 1. The Balaban J connectivity index is 1.40. The third-order valence-corrected chi connectivity index (χ3v) is 6.34. The van der Waals surface area contributed by atoms with Gasteiger partial charge in [-0.3, -0.25) is 14.7 Å². The third-order valence-electron chi connectivity index (χ3n) is 6.34. The van der Waals surface area contributed by atoms with Crippen molar-refractivity contribution in [1.82, 2.24) is 15.1 Å². The number of Topliss-reactive ketones (excluding diaryl/α,β-unsaturated/α-hetero) is 1. The van der Waals surface area contributed by atoms with Crippen molar-refractivity contribution in [2.45, 2.75) is 33.4 Å². The Labute approximate surface area is 192 Å². The fourth-order valence-corrected chi connectivity index (χ4v) is 4.62. The van der Waals surface area contributed by atoms with E-state index >= 15 is 0 Å². The van der Waals surface area contributed by atoms with Crippen LogP contribution in [0.3, 0.4) is 0 Å². The highest BCUT2D eigenvalue weighted by molar-refractivity contribution is 6.09. The average Bonchev–Trinajstić information content (AvgIpc) is 3.41. The van der Waals surface area contributed by atoms with E-state index in [1.54, 1.807) is 11.0 Å². The molecule has 0 unspecified atom stereocenters. The standard InChI is InChI=1S/C25H28N4O4/c1-15(2)9-23(31)24-19-11-20(22(30)12-21(19)26-27-24)25(32)29-13-16-3-4-18(10-17(16)14-29)28-5-7-33-8-6-28/h3-4,10-12,15,30H,5-9,13-14H2,1-2H3,(H,26,27). The zero-order chi connectivity index (χ0) is 23.1. The van der Waals surface area contributed by atoms with Gasteiger partial charge in [0.25, 0.3) is 5.91 Å². The summed E-state index contributed by atoms with van der Waals surface area (Å²) < 4.78 is 5.44. The lowest BCUT2D eigenvalue weighted by Gasteiger charge is -2.29. The first-order chi connectivity index (χ1) is 15.9. The van der Waals surface area contributed by atoms with E-state index in [0.717, 1.165) is 43.1 Å². The first-order valence-corrected chi connectivity index (χ1v) is 11.4. The number of nitrogens with one attached hydrogen (secondary N) is 1. The number of carbonyl (C=O) groups excluding carboxylic acids is 2. The summed E-state index contributed by atoms with van der Waals surface area (Å²) in [4.78, 5) is 30.0. The molecule has 8 heteroatoms. The van der Waals surface area contributed by atoms with E-state index in [-0.39, 0.29) is 28.9 Å². The quantitative estimate of drug-likeness (QED) is 0.580. The number of rotatable bonds is 5. The van der Waals surface area contributed by atoms with Crippen molar-refractivity contribution < 1.29 is 19.4 Å². The number of H-pyrrole nitrogens is 1. The molecule has 0 saturated carbocycles. The summed E-state index contributed by atoms with van der Waals surface area (Å²) in [5.74, 6) is -0.261. The third kappa shape index (κ3) is 4.06. The van der Waals surface area contributed by atoms with Gasteiger partial charge >= 0.3 is 0 Å². The van der Waals surface area contributed by atoms with Crippen LogP contribution in [-0.2, 0) is 17.8 Å². The molecule has 0 bridgehead atoms. The fourth-order valence-electron chi connectivity index (χ4n) is 4.62. The number of carbonyl (C=O) groups is 2. The van der Waals surface area contributed by atoms with E-state index in [1.807, 2.05) is 13.8 Å². The number of phenolic OH excluding ortho intramolecular Hbond substituents is 1. The van der Waals surface area contributed by atoms with Gasteiger partial charge in [-0.2, -0.15) is 5.10 Å². The van der Waals surface area contributed by atoms with Crippen molar-refractivity contribution in [1.29, 1.82) is 0 Å². The van der Waals surface area contributed by atoms with E-state index in [0.29, 0.717) is 36.1 Å². The first kappa shape index (κ1) is 21.5. The van der Waals surface area contributed by atoms with Gasteiger partial charge < -0.3 is 19.6 Å². The zero-order valence-corrected chi connectivity index (χ0v) is 18.9. The second-order valence-electron chi connectivity index (χ2n) is 9.22. The number of aromatic nitrogens is 2. The molecule has 1 saturated heterocycles. The number of nitrogens with zero attached hydrogens (tertiary/aromatic N) is 3. The van der Waals surface area contributed by atoms with Gasteiger partial charge in [-0.25, -0.2) is 0 Å². The predicted octanol–water partition coefficient (Wildman–Crippen LogP) is 3.49. The van der Waals surface area contributed by atoms with E-state index < -0.39 is 0 Å². The van der Waals surface area contributed by atoms with Crippen LogP contribution in [0.4, 0.5) is 5.69 Å². The van der Waals surface area contributed by atoms with E-state index in [1.165, 1.54) is 6.07 Å². The van der Waals surface area contributed by atoms with Crippen molar-refractivity contribution in [3.8, 4) is 5.75 Å². The molecular weight excluding hydrogens is 420 g/mol. The molecule has 3 aromatic rings. The second kappa shape index (κ2) is 8.51. The molecule has 172 valence electrons. The molecule has 1 fully saturated rings. The first-order valence-electron chi connectivity index (χ1n) is 11.4. The van der Waals surface area contributed by atoms with Crippen LogP contribution < -0.4 is 4.90 Å². The molecule has 3 heterocycles. The Bertz CT molecular complexity index is 1230. The molecular formula is C25H28N4O4. The zero-order valence-electron chi connectivity index (χ0n) is 18.9. The number of benzene rings is 2. The van der Waals surface area contributed by atoms with Crippen molar-refractivity contribution in [2.24, 2.45) is 5.92 Å². The molecule has 33 heavy (non-hydrogen) atoms. The molecule has 0 aliphatic carbocycles. The Morgan fingerprint density at radius 1 is 1.12 bits per heavy atom. The number of aromatic hydroxyl groups is 1. The maximum absolute atomic E-state index is 13.4. The van der Waals surface area contributed by atoms with Gasteiger partial charge in [0.1, 0.15) is 11.4 Å². The monoisotopic (exact) mass is 448 g/mol. The SMILES string of the molecule is CC(C)CC(=O)c1n[nH]c2cc(O)c(C(=O)N3Cc4ccc(N5CCOCC5)cc4C3)cc12. The summed E-state index contributed by atoms with van der Waals surface area (Å²) in [6.45, 7) is 8.08. The number of hydrogen-bond acceptors (Lipinski definition) is 6. The normalized spacial score (nSPS) is 16.0. The van der Waals surface area contributed by atoms with Crippen molar-refractivity contribution in [3.63, 3.8) is 0 Å². The van der Waals surface area contributed by atoms with Gasteiger partial charge in [0.2, 0.25) is 0 Å². The lowest BCUT2D eigenvalue weighted by molar-refractivity contribution is 0.0748. The summed E-state index contributed by atoms with van der Waals surface area (Å²) >= 11 is 0. The van der Waals surface area contributed by atoms with Crippen molar-refractivity contribution in [3.05, 3.63) is 52.7 Å². The number of ketones is 1. The molecule has 5 rings (SSSR count). The number of ether oxygens (including phenoxy) is 1. The van der Waals surface area contributed by atoms with Crippen LogP contribution in [0, 0.1) is 5.92 Å². The summed E-state index contributed by atoms with van der Waals surface area (Å²) in [5.41, 5.74) is 4.40. The minimum absolute atomic E-state index is 0.0791. The van der Waals surface area contributed by atoms with Crippen LogP contribution in [0.2, 0.25) is 0 Å². The molecule has 1 amide bonds. The van der Waals surface area contributed by atoms with E-state index in [2.05, 4.69) is 33.3 Å². The highest BCUT2D eigenvalue weighted by Crippen LogP contribution is 2.32. The topological polar surface area (TPSA) is 98.8 Å². The number of fused-ring (bicyclic) bond motifs is 2. The highest BCUT2D eigenvalue weighted by Gasteiger charge is 2.28. The summed E-state index contributed by atoms with van der Waals surface area (Å²) in [6.07, 6.45) is 0.372. The Kier molecular flexibility index (Phi) is 5.54. The second-order valence-corrected chi connectivity index (χ2v) is 9.22. The fraction of sp³-hybridized carbons (Fsp3) is 0.400. The van der Waals surface area contributed by atoms with Gasteiger partial charge in [0.05, 0.1) is 24.3 Å². The maximum atomic E-state index is 13.4. The predicted molar refractivity (Wildman–Crippen MR) is 125 cm³/mol. The summed E-state index contributed by atoms with van der Waals surface area (Å²) in [5, 5.41) is 18.1.